The van der Waals surface area contributed by atoms with E-state index in [-0.39, 0.29) is 0 Å². The molecule has 1 heterocycles. The quantitative estimate of drug-likeness (QED) is 0.779. The summed E-state index contributed by atoms with van der Waals surface area (Å²) < 4.78 is 1.08. The largest absolute Gasteiger partial charge is 0.389 e. The zero-order valence-corrected chi connectivity index (χ0v) is 12.3. The summed E-state index contributed by atoms with van der Waals surface area (Å²) in [6.07, 6.45) is 1.29. The van der Waals surface area contributed by atoms with Crippen LogP contribution in [0.2, 0.25) is 0 Å². The molecule has 4 nitrogen and oxygen atoms in total. The van der Waals surface area contributed by atoms with Crippen LogP contribution in [0.5, 0.6) is 0 Å². The molecule has 3 rings (SSSR count). The van der Waals surface area contributed by atoms with Gasteiger partial charge in [0.25, 0.3) is 0 Å². The van der Waals surface area contributed by atoms with Crippen molar-refractivity contribution in [3.8, 4) is 0 Å². The summed E-state index contributed by atoms with van der Waals surface area (Å²) in [7, 11) is 0. The van der Waals surface area contributed by atoms with E-state index in [9.17, 15) is 10.2 Å². The van der Waals surface area contributed by atoms with Crippen LogP contribution in [0.15, 0.2) is 22.7 Å². The fourth-order valence-electron chi connectivity index (χ4n) is 2.40. The lowest BCUT2D eigenvalue weighted by Gasteiger charge is -2.19. The highest BCUT2D eigenvalue weighted by atomic mass is 79.9. The number of nitrogens with one attached hydrogen (secondary N) is 1. The van der Waals surface area contributed by atoms with Crippen molar-refractivity contribution >= 4 is 21.6 Å². The van der Waals surface area contributed by atoms with Gasteiger partial charge in [-0.3, -0.25) is 0 Å². The van der Waals surface area contributed by atoms with Crippen molar-refractivity contribution in [2.75, 3.05) is 18.0 Å². The van der Waals surface area contributed by atoms with Crippen LogP contribution in [-0.4, -0.2) is 41.6 Å². The van der Waals surface area contributed by atoms with Crippen LogP contribution in [-0.2, 0) is 6.54 Å². The van der Waals surface area contributed by atoms with Crippen molar-refractivity contribution in [2.24, 2.45) is 0 Å². The third-order valence-electron chi connectivity index (χ3n) is 3.82. The molecular weight excluding hydrogens is 308 g/mol. The van der Waals surface area contributed by atoms with Gasteiger partial charge in [0.1, 0.15) is 0 Å². The summed E-state index contributed by atoms with van der Waals surface area (Å²) in [4.78, 5) is 2.01. The van der Waals surface area contributed by atoms with Gasteiger partial charge in [0, 0.05) is 35.8 Å². The van der Waals surface area contributed by atoms with Crippen LogP contribution in [0.25, 0.3) is 0 Å². The molecule has 3 N–H and O–H groups in total. The number of nitrogens with zero attached hydrogens (tertiary/aromatic N) is 1. The molecule has 2 fully saturated rings. The Bertz CT molecular complexity index is 455. The van der Waals surface area contributed by atoms with Crippen molar-refractivity contribution in [1.29, 1.82) is 0 Å². The number of rotatable bonds is 4. The van der Waals surface area contributed by atoms with E-state index in [0.717, 1.165) is 16.7 Å². The van der Waals surface area contributed by atoms with Gasteiger partial charge < -0.3 is 20.4 Å². The molecule has 1 aromatic rings. The predicted octanol–water partition coefficient (Wildman–Crippen LogP) is 1.24. The van der Waals surface area contributed by atoms with E-state index in [1.54, 1.807) is 0 Å². The minimum absolute atomic E-state index is 0.493. The Labute approximate surface area is 121 Å². The van der Waals surface area contributed by atoms with Gasteiger partial charge in [0.2, 0.25) is 0 Å². The fourth-order valence-corrected chi connectivity index (χ4v) is 2.91. The summed E-state index contributed by atoms with van der Waals surface area (Å²) in [6.45, 7) is 1.87. The lowest BCUT2D eigenvalue weighted by molar-refractivity contribution is 0.0572. The first-order chi connectivity index (χ1) is 9.13. The van der Waals surface area contributed by atoms with Crippen molar-refractivity contribution in [2.45, 2.75) is 37.6 Å². The number of hydrogen-bond acceptors (Lipinski definition) is 4. The number of hydrogen-bond donors (Lipinski definition) is 3. The molecule has 2 unspecified atom stereocenters. The summed E-state index contributed by atoms with van der Waals surface area (Å²) in [5, 5.41) is 22.7. The zero-order chi connectivity index (χ0) is 13.4. The van der Waals surface area contributed by atoms with E-state index in [0.29, 0.717) is 19.1 Å². The maximum atomic E-state index is 9.59. The van der Waals surface area contributed by atoms with E-state index in [1.807, 2.05) is 4.90 Å². The Hall–Kier alpha value is -0.620. The van der Waals surface area contributed by atoms with Gasteiger partial charge in [-0.05, 0) is 30.5 Å². The number of aliphatic hydroxyl groups excluding tert-OH is 2. The standard InChI is InChI=1S/C14H19BrN2O2/c15-12-5-11(17-7-13(18)14(19)8-17)4-1-9(12)6-16-10-2-3-10/h1,4-5,10,13-14,16,18-19H,2-3,6-8H2. The van der Waals surface area contributed by atoms with Gasteiger partial charge in [-0.1, -0.05) is 22.0 Å². The Morgan fingerprint density at radius 2 is 1.89 bits per heavy atom. The molecule has 0 spiro atoms. The van der Waals surface area contributed by atoms with Gasteiger partial charge >= 0.3 is 0 Å². The second-order valence-electron chi connectivity index (χ2n) is 5.47. The van der Waals surface area contributed by atoms with E-state index < -0.39 is 12.2 Å². The number of benzene rings is 1. The Kier molecular flexibility index (Phi) is 3.80. The Balaban J connectivity index is 1.68. The van der Waals surface area contributed by atoms with Gasteiger partial charge in [-0.2, -0.15) is 0 Å². The van der Waals surface area contributed by atoms with E-state index in [2.05, 4.69) is 39.4 Å². The summed E-state index contributed by atoms with van der Waals surface area (Å²) in [6, 6.07) is 6.93. The van der Waals surface area contributed by atoms with E-state index >= 15 is 0 Å². The third kappa shape index (κ3) is 3.11. The second-order valence-corrected chi connectivity index (χ2v) is 6.32. The molecule has 5 heteroatoms. The van der Waals surface area contributed by atoms with Crippen LogP contribution in [0, 0.1) is 0 Å². The maximum absolute atomic E-state index is 9.59. The van der Waals surface area contributed by atoms with Gasteiger partial charge in [0.05, 0.1) is 12.2 Å². The molecular formula is C14H19BrN2O2. The van der Waals surface area contributed by atoms with E-state index in [4.69, 9.17) is 0 Å². The number of aliphatic hydroxyl groups is 2. The number of anilines is 1. The van der Waals surface area contributed by atoms with Gasteiger partial charge in [0.15, 0.2) is 0 Å². The van der Waals surface area contributed by atoms with Crippen molar-refractivity contribution in [3.63, 3.8) is 0 Å². The Morgan fingerprint density at radius 1 is 1.21 bits per heavy atom. The van der Waals surface area contributed by atoms with Crippen LogP contribution in [0.4, 0.5) is 5.69 Å². The molecule has 1 saturated heterocycles. The number of halogens is 1. The average molecular weight is 327 g/mol. The lowest BCUT2D eigenvalue weighted by atomic mass is 10.2. The first-order valence-corrected chi connectivity index (χ1v) is 7.55. The highest BCUT2D eigenvalue weighted by Gasteiger charge is 2.29. The van der Waals surface area contributed by atoms with Crippen molar-refractivity contribution in [1.82, 2.24) is 5.32 Å². The normalized spacial score (nSPS) is 27.0. The molecule has 1 saturated carbocycles. The zero-order valence-electron chi connectivity index (χ0n) is 10.7. The SMILES string of the molecule is OC1CN(c2ccc(CNC3CC3)c(Br)c2)CC1O. The first kappa shape index (κ1) is 13.4. The molecule has 0 bridgehead atoms. The monoisotopic (exact) mass is 326 g/mol. The average Bonchev–Trinajstić information content (AvgIpc) is 3.14. The maximum Gasteiger partial charge on any atom is 0.0990 e. The number of β-amino-alcohol motifs (C(OH)–C–C–N with tert-alkyl or cyclic N) is 2. The second kappa shape index (κ2) is 5.40. The summed E-state index contributed by atoms with van der Waals surface area (Å²) in [5.41, 5.74) is 2.29. The minimum Gasteiger partial charge on any atom is -0.389 e. The molecule has 19 heavy (non-hydrogen) atoms. The first-order valence-electron chi connectivity index (χ1n) is 6.76. The summed E-state index contributed by atoms with van der Waals surface area (Å²) >= 11 is 3.60. The van der Waals surface area contributed by atoms with Crippen LogP contribution >= 0.6 is 15.9 Å². The highest BCUT2D eigenvalue weighted by molar-refractivity contribution is 9.10. The van der Waals surface area contributed by atoms with Gasteiger partial charge in [-0.25, -0.2) is 0 Å². The summed E-state index contributed by atoms with van der Waals surface area (Å²) in [5.74, 6) is 0. The van der Waals surface area contributed by atoms with Crippen molar-refractivity contribution in [3.05, 3.63) is 28.2 Å². The molecule has 2 atom stereocenters. The molecule has 2 aliphatic rings. The predicted molar refractivity (Wildman–Crippen MR) is 78.2 cm³/mol. The fraction of sp³-hybridized carbons (Fsp3) is 0.571. The third-order valence-corrected chi connectivity index (χ3v) is 4.56. The van der Waals surface area contributed by atoms with Crippen LogP contribution < -0.4 is 10.2 Å². The molecule has 0 amide bonds. The lowest BCUT2D eigenvalue weighted by Crippen LogP contribution is -2.22. The molecule has 104 valence electrons. The Morgan fingerprint density at radius 3 is 2.47 bits per heavy atom. The topological polar surface area (TPSA) is 55.7 Å². The van der Waals surface area contributed by atoms with Gasteiger partial charge in [-0.15, -0.1) is 0 Å². The minimum atomic E-state index is -0.644. The smallest absolute Gasteiger partial charge is 0.0990 e. The molecule has 0 aromatic heterocycles. The highest BCUT2D eigenvalue weighted by Crippen LogP contribution is 2.28. The van der Waals surface area contributed by atoms with Crippen LogP contribution in [0.3, 0.4) is 0 Å². The van der Waals surface area contributed by atoms with Crippen molar-refractivity contribution < 1.29 is 10.2 Å². The molecule has 0 radical (unpaired) electrons. The molecule has 1 aromatic carbocycles. The van der Waals surface area contributed by atoms with E-state index in [1.165, 1.54) is 18.4 Å². The van der Waals surface area contributed by atoms with Crippen LogP contribution in [0.1, 0.15) is 18.4 Å². The molecule has 1 aliphatic carbocycles. The molecule has 1 aliphatic heterocycles.